The lowest BCUT2D eigenvalue weighted by Gasteiger charge is -2.17. The van der Waals surface area contributed by atoms with Gasteiger partial charge in [0.25, 0.3) is 0 Å². The molecule has 0 atom stereocenters. The molecule has 22 heavy (non-hydrogen) atoms. The third kappa shape index (κ3) is 1.84. The average Bonchev–Trinajstić information content (AvgIpc) is 2.83. The van der Waals surface area contributed by atoms with Crippen LogP contribution in [-0.2, 0) is 11.3 Å². The maximum Gasteiger partial charge on any atom is 0.355 e. The molecule has 1 aromatic heterocycles. The summed E-state index contributed by atoms with van der Waals surface area (Å²) < 4.78 is 21.3. The number of hydrogen-bond donors (Lipinski definition) is 0. The second kappa shape index (κ2) is 4.85. The van der Waals surface area contributed by atoms with Crippen molar-refractivity contribution in [1.82, 2.24) is 4.57 Å². The van der Waals surface area contributed by atoms with Crippen molar-refractivity contribution in [1.29, 1.82) is 0 Å². The van der Waals surface area contributed by atoms with Gasteiger partial charge in [-0.1, -0.05) is 29.8 Å². The number of hydrogen-bond acceptors (Lipinski definition) is 2. The molecule has 0 saturated carbocycles. The first-order chi connectivity index (χ1) is 10.7. The fraction of sp³-hybridized carbons (Fsp3) is 0.118. The van der Waals surface area contributed by atoms with Gasteiger partial charge >= 0.3 is 5.97 Å². The van der Waals surface area contributed by atoms with Crippen LogP contribution in [0.3, 0.4) is 0 Å². The van der Waals surface area contributed by atoms with E-state index in [1.165, 1.54) is 6.07 Å². The van der Waals surface area contributed by atoms with Crippen LogP contribution in [0.15, 0.2) is 42.5 Å². The summed E-state index contributed by atoms with van der Waals surface area (Å²) in [5.74, 6) is -0.812. The molecule has 1 aliphatic rings. The molecule has 0 spiro atoms. The molecule has 110 valence electrons. The van der Waals surface area contributed by atoms with Gasteiger partial charge in [0.2, 0.25) is 0 Å². The van der Waals surface area contributed by atoms with E-state index >= 15 is 0 Å². The van der Waals surface area contributed by atoms with E-state index in [1.54, 1.807) is 30.3 Å². The topological polar surface area (TPSA) is 31.2 Å². The third-order valence-electron chi connectivity index (χ3n) is 3.91. The second-order valence-electron chi connectivity index (χ2n) is 5.15. The van der Waals surface area contributed by atoms with E-state index in [0.717, 1.165) is 10.9 Å². The van der Waals surface area contributed by atoms with Crippen LogP contribution in [-0.4, -0.2) is 17.1 Å². The first kappa shape index (κ1) is 13.3. The van der Waals surface area contributed by atoms with E-state index in [0.29, 0.717) is 35.0 Å². The fourth-order valence-corrected chi connectivity index (χ4v) is 3.18. The SMILES string of the molecule is O=C1OCCn2c1c(-c1ccccc1F)c1cc(Cl)ccc12. The minimum absolute atomic E-state index is 0.314. The van der Waals surface area contributed by atoms with Gasteiger partial charge in [-0.2, -0.15) is 0 Å². The fourth-order valence-electron chi connectivity index (χ4n) is 3.01. The maximum atomic E-state index is 14.3. The van der Waals surface area contributed by atoms with Crippen LogP contribution in [0, 0.1) is 5.82 Å². The van der Waals surface area contributed by atoms with Gasteiger partial charge in [0.1, 0.15) is 18.1 Å². The van der Waals surface area contributed by atoms with Gasteiger partial charge in [-0.3, -0.25) is 0 Å². The smallest absolute Gasteiger partial charge is 0.355 e. The van der Waals surface area contributed by atoms with Crippen LogP contribution in [0.25, 0.3) is 22.0 Å². The molecule has 0 saturated heterocycles. The summed E-state index contributed by atoms with van der Waals surface area (Å²) in [6.45, 7) is 0.864. The number of halogens is 2. The molecule has 3 aromatic rings. The van der Waals surface area contributed by atoms with Crippen molar-refractivity contribution in [3.63, 3.8) is 0 Å². The Bertz CT molecular complexity index is 916. The standard InChI is InChI=1S/C17H11ClFNO2/c18-10-5-6-14-12(9-10)15(11-3-1-2-4-13(11)19)16-17(21)22-8-7-20(14)16/h1-6,9H,7-8H2. The highest BCUT2D eigenvalue weighted by Crippen LogP contribution is 2.38. The van der Waals surface area contributed by atoms with Crippen LogP contribution in [0.1, 0.15) is 10.5 Å². The average molecular weight is 316 g/mol. The molecule has 1 aliphatic heterocycles. The lowest BCUT2D eigenvalue weighted by atomic mass is 10.0. The highest BCUT2D eigenvalue weighted by molar-refractivity contribution is 6.31. The molecule has 0 radical (unpaired) electrons. The summed E-state index contributed by atoms with van der Waals surface area (Å²) in [5.41, 5.74) is 2.16. The number of carbonyl (C=O) groups excluding carboxylic acids is 1. The Balaban J connectivity index is 2.17. The van der Waals surface area contributed by atoms with Crippen molar-refractivity contribution in [2.45, 2.75) is 6.54 Å². The Labute approximate surface area is 130 Å². The van der Waals surface area contributed by atoms with Gasteiger partial charge in [-0.15, -0.1) is 0 Å². The van der Waals surface area contributed by atoms with E-state index in [4.69, 9.17) is 16.3 Å². The number of cyclic esters (lactones) is 1. The number of aromatic nitrogens is 1. The van der Waals surface area contributed by atoms with Crippen LogP contribution in [0.5, 0.6) is 0 Å². The summed E-state index contributed by atoms with van der Waals surface area (Å²) >= 11 is 6.10. The molecule has 5 heteroatoms. The summed E-state index contributed by atoms with van der Waals surface area (Å²) in [4.78, 5) is 12.2. The molecule has 0 fully saturated rings. The molecule has 3 nitrogen and oxygen atoms in total. The molecule has 2 heterocycles. The number of carbonyl (C=O) groups is 1. The van der Waals surface area contributed by atoms with Crippen molar-refractivity contribution < 1.29 is 13.9 Å². The maximum absolute atomic E-state index is 14.3. The number of esters is 1. The summed E-state index contributed by atoms with van der Waals surface area (Å²) in [7, 11) is 0. The molecular formula is C17H11ClFNO2. The molecule has 0 bridgehead atoms. The van der Waals surface area contributed by atoms with Crippen molar-refractivity contribution in [2.75, 3.05) is 6.61 Å². The molecule has 0 N–H and O–H groups in total. The van der Waals surface area contributed by atoms with E-state index in [1.807, 2.05) is 10.6 Å². The summed E-state index contributed by atoms with van der Waals surface area (Å²) in [6.07, 6.45) is 0. The Morgan fingerprint density at radius 1 is 1.18 bits per heavy atom. The van der Waals surface area contributed by atoms with Gasteiger partial charge in [0, 0.05) is 27.1 Å². The first-order valence-corrected chi connectivity index (χ1v) is 7.28. The van der Waals surface area contributed by atoms with Gasteiger partial charge in [-0.25, -0.2) is 9.18 Å². The van der Waals surface area contributed by atoms with Crippen LogP contribution in [0.2, 0.25) is 5.02 Å². The second-order valence-corrected chi connectivity index (χ2v) is 5.59. The Morgan fingerprint density at radius 2 is 2.00 bits per heavy atom. The predicted octanol–water partition coefficient (Wildman–Crippen LogP) is 4.27. The Morgan fingerprint density at radius 3 is 2.82 bits per heavy atom. The highest BCUT2D eigenvalue weighted by Gasteiger charge is 2.29. The minimum Gasteiger partial charge on any atom is -0.459 e. The highest BCUT2D eigenvalue weighted by atomic mass is 35.5. The molecule has 0 amide bonds. The zero-order valence-corrected chi connectivity index (χ0v) is 12.2. The molecule has 0 aliphatic carbocycles. The minimum atomic E-state index is -0.433. The van der Waals surface area contributed by atoms with Crippen LogP contribution in [0.4, 0.5) is 4.39 Å². The van der Waals surface area contributed by atoms with Gasteiger partial charge in [-0.05, 0) is 24.3 Å². The zero-order chi connectivity index (χ0) is 15.3. The van der Waals surface area contributed by atoms with Gasteiger partial charge < -0.3 is 9.30 Å². The normalized spacial score (nSPS) is 14.0. The van der Waals surface area contributed by atoms with Crippen LogP contribution >= 0.6 is 11.6 Å². The third-order valence-corrected chi connectivity index (χ3v) is 4.15. The number of nitrogens with zero attached hydrogens (tertiary/aromatic N) is 1. The lowest BCUT2D eigenvalue weighted by Crippen LogP contribution is -2.23. The molecule has 0 unspecified atom stereocenters. The lowest BCUT2D eigenvalue weighted by molar-refractivity contribution is 0.0427. The summed E-state index contributed by atoms with van der Waals surface area (Å²) in [5, 5.41) is 1.30. The van der Waals surface area contributed by atoms with E-state index in [2.05, 4.69) is 0 Å². The molecule has 2 aromatic carbocycles. The van der Waals surface area contributed by atoms with Gasteiger partial charge in [0.05, 0.1) is 6.54 Å². The predicted molar refractivity (Wildman–Crippen MR) is 82.6 cm³/mol. The monoisotopic (exact) mass is 315 g/mol. The number of ether oxygens (including phenoxy) is 1. The van der Waals surface area contributed by atoms with E-state index < -0.39 is 5.97 Å². The van der Waals surface area contributed by atoms with Gasteiger partial charge in [0.15, 0.2) is 0 Å². The number of rotatable bonds is 1. The van der Waals surface area contributed by atoms with Crippen molar-refractivity contribution in [3.05, 3.63) is 59.0 Å². The van der Waals surface area contributed by atoms with Crippen molar-refractivity contribution in [2.24, 2.45) is 0 Å². The quantitative estimate of drug-likeness (QED) is 0.628. The zero-order valence-electron chi connectivity index (χ0n) is 11.5. The summed E-state index contributed by atoms with van der Waals surface area (Å²) in [6, 6.07) is 11.8. The molecule has 4 rings (SSSR count). The van der Waals surface area contributed by atoms with Crippen molar-refractivity contribution >= 4 is 28.5 Å². The van der Waals surface area contributed by atoms with E-state index in [-0.39, 0.29) is 5.82 Å². The Kier molecular flexibility index (Phi) is 2.94. The number of fused-ring (bicyclic) bond motifs is 3. The van der Waals surface area contributed by atoms with Crippen molar-refractivity contribution in [3.8, 4) is 11.1 Å². The van der Waals surface area contributed by atoms with E-state index in [9.17, 15) is 9.18 Å². The Hall–Kier alpha value is -2.33. The molecular weight excluding hydrogens is 305 g/mol. The van der Waals surface area contributed by atoms with Crippen LogP contribution < -0.4 is 0 Å². The first-order valence-electron chi connectivity index (χ1n) is 6.90. The number of benzene rings is 2. The largest absolute Gasteiger partial charge is 0.459 e.